The van der Waals surface area contributed by atoms with Gasteiger partial charge in [-0.25, -0.2) is 23.3 Å². The van der Waals surface area contributed by atoms with Crippen molar-refractivity contribution in [2.45, 2.75) is 31.0 Å². The normalized spacial score (nSPS) is 23.4. The summed E-state index contributed by atoms with van der Waals surface area (Å²) >= 11 is 0. The van der Waals surface area contributed by atoms with E-state index in [-0.39, 0.29) is 57.1 Å². The molecule has 1 unspecified atom stereocenters. The molecule has 198 valence electrons. The molecule has 3 heterocycles. The molecular formula is C20H20F4N8O5. The van der Waals surface area contributed by atoms with E-state index >= 15 is 8.78 Å². The van der Waals surface area contributed by atoms with Crippen LogP contribution in [0, 0.1) is 11.6 Å². The van der Waals surface area contributed by atoms with Crippen molar-refractivity contribution in [1.82, 2.24) is 30.6 Å². The lowest BCUT2D eigenvalue weighted by Crippen LogP contribution is -2.37. The highest BCUT2D eigenvalue weighted by Gasteiger charge is 2.64. The maximum Gasteiger partial charge on any atom is 0.415 e. The summed E-state index contributed by atoms with van der Waals surface area (Å²) in [4.78, 5) is 43.8. The second-order valence-electron chi connectivity index (χ2n) is 8.67. The number of carbonyl (C=O) groups is 3. The molecule has 1 spiro atoms. The fourth-order valence-electron chi connectivity index (χ4n) is 4.33. The second kappa shape index (κ2) is 9.45. The summed E-state index contributed by atoms with van der Waals surface area (Å²) in [5.41, 5.74) is -1.72. The van der Waals surface area contributed by atoms with Crippen LogP contribution in [-0.2, 0) is 25.7 Å². The van der Waals surface area contributed by atoms with Gasteiger partial charge >= 0.3 is 12.5 Å². The van der Waals surface area contributed by atoms with Crippen LogP contribution in [0.15, 0.2) is 18.5 Å². The van der Waals surface area contributed by atoms with Gasteiger partial charge in [0.15, 0.2) is 17.2 Å². The molecule has 2 aliphatic heterocycles. The number of ether oxygens (including phenoxy) is 1. The van der Waals surface area contributed by atoms with Gasteiger partial charge in [0.1, 0.15) is 18.6 Å². The summed E-state index contributed by atoms with van der Waals surface area (Å²) in [6.45, 7) is -0.251. The van der Waals surface area contributed by atoms with Crippen molar-refractivity contribution in [2.75, 3.05) is 42.6 Å². The fourth-order valence-corrected chi connectivity index (χ4v) is 4.33. The number of nitrogens with one attached hydrogen (secondary N) is 1. The number of amides is 3. The van der Waals surface area contributed by atoms with Gasteiger partial charge < -0.3 is 15.0 Å². The molecule has 1 saturated carbocycles. The van der Waals surface area contributed by atoms with Gasteiger partial charge in [0.05, 0.1) is 31.4 Å². The first-order valence-electron chi connectivity index (χ1n) is 11.1. The summed E-state index contributed by atoms with van der Waals surface area (Å²) < 4.78 is 61.7. The summed E-state index contributed by atoms with van der Waals surface area (Å²) in [5, 5.41) is 13.6. The average molecular weight is 528 g/mol. The Morgan fingerprint density at radius 3 is 2.62 bits per heavy atom. The van der Waals surface area contributed by atoms with Gasteiger partial charge in [-0.2, -0.15) is 8.78 Å². The van der Waals surface area contributed by atoms with Crippen LogP contribution >= 0.6 is 0 Å². The molecule has 0 radical (unpaired) electrons. The Labute approximate surface area is 205 Å². The Morgan fingerprint density at radius 1 is 1.19 bits per heavy atom. The first kappa shape index (κ1) is 24.7. The molecule has 3 aliphatic rings. The molecule has 3 amide bonds. The van der Waals surface area contributed by atoms with Crippen molar-refractivity contribution in [3.05, 3.63) is 30.1 Å². The number of halogens is 4. The molecule has 0 bridgehead atoms. The SMILES string of the molecule is O=C(N[C@H]1CC12CN(c1cc(F)c(N3CCON(C(=O)Cn4cnnn4)CC3)c(F)c1)C(=O)O2)C(F)F. The zero-order chi connectivity index (χ0) is 26.3. The number of hydrogen-bond donors (Lipinski definition) is 1. The summed E-state index contributed by atoms with van der Waals surface area (Å²) in [7, 11) is 0. The minimum absolute atomic E-state index is 0.00822. The molecule has 5 rings (SSSR count). The van der Waals surface area contributed by atoms with Crippen molar-refractivity contribution in [3.63, 3.8) is 0 Å². The van der Waals surface area contributed by atoms with Gasteiger partial charge in [0.25, 0.3) is 11.8 Å². The molecule has 3 fully saturated rings. The van der Waals surface area contributed by atoms with Crippen LogP contribution in [-0.4, -0.2) is 94.0 Å². The van der Waals surface area contributed by atoms with Crippen molar-refractivity contribution >= 4 is 29.3 Å². The highest BCUT2D eigenvalue weighted by molar-refractivity contribution is 5.92. The van der Waals surface area contributed by atoms with Gasteiger partial charge in [0.2, 0.25) is 0 Å². The van der Waals surface area contributed by atoms with Crippen molar-refractivity contribution in [3.8, 4) is 0 Å². The van der Waals surface area contributed by atoms with Crippen LogP contribution in [0.5, 0.6) is 0 Å². The molecule has 1 N–H and O–H groups in total. The van der Waals surface area contributed by atoms with Crippen LogP contribution in [0.1, 0.15) is 6.42 Å². The van der Waals surface area contributed by atoms with E-state index in [1.807, 2.05) is 0 Å². The van der Waals surface area contributed by atoms with Gasteiger partial charge in [0, 0.05) is 31.6 Å². The highest BCUT2D eigenvalue weighted by Crippen LogP contribution is 2.46. The lowest BCUT2D eigenvalue weighted by atomic mass is 10.2. The number of tetrazole rings is 1. The molecule has 2 saturated heterocycles. The molecule has 13 nitrogen and oxygen atoms in total. The molecule has 1 aromatic carbocycles. The Bertz CT molecular complexity index is 1190. The van der Waals surface area contributed by atoms with Crippen molar-refractivity contribution in [2.24, 2.45) is 0 Å². The number of hydrogen-bond acceptors (Lipinski definition) is 9. The number of rotatable bonds is 6. The number of alkyl halides is 2. The molecular weight excluding hydrogens is 508 g/mol. The van der Waals surface area contributed by atoms with Crippen LogP contribution in [0.4, 0.5) is 33.7 Å². The van der Waals surface area contributed by atoms with E-state index in [0.29, 0.717) is 0 Å². The van der Waals surface area contributed by atoms with E-state index in [1.54, 1.807) is 0 Å². The highest BCUT2D eigenvalue weighted by atomic mass is 19.3. The van der Waals surface area contributed by atoms with Crippen LogP contribution in [0.25, 0.3) is 0 Å². The van der Waals surface area contributed by atoms with E-state index in [1.165, 1.54) is 15.9 Å². The molecule has 1 aliphatic carbocycles. The van der Waals surface area contributed by atoms with Crippen molar-refractivity contribution < 1.29 is 41.5 Å². The third-order valence-corrected chi connectivity index (χ3v) is 6.25. The van der Waals surface area contributed by atoms with E-state index in [0.717, 1.165) is 22.1 Å². The first-order chi connectivity index (χ1) is 17.7. The lowest BCUT2D eigenvalue weighted by Gasteiger charge is -2.24. The van der Waals surface area contributed by atoms with E-state index in [4.69, 9.17) is 9.57 Å². The Hall–Kier alpha value is -4.02. The van der Waals surface area contributed by atoms with Gasteiger partial charge in [-0.3, -0.25) is 19.3 Å². The molecule has 37 heavy (non-hydrogen) atoms. The quantitative estimate of drug-likeness (QED) is 0.518. The molecule has 2 aromatic rings. The number of anilines is 2. The maximum absolute atomic E-state index is 15.1. The number of nitrogens with zero attached hydrogens (tertiary/aromatic N) is 7. The summed E-state index contributed by atoms with van der Waals surface area (Å²) in [6.07, 6.45) is -2.77. The molecule has 17 heteroatoms. The predicted octanol–water partition coefficient (Wildman–Crippen LogP) is 0.0807. The number of aromatic nitrogens is 4. The summed E-state index contributed by atoms with van der Waals surface area (Å²) in [5.74, 6) is -3.86. The monoisotopic (exact) mass is 528 g/mol. The minimum Gasteiger partial charge on any atom is -0.438 e. The number of benzene rings is 1. The second-order valence-corrected chi connectivity index (χ2v) is 8.67. The van der Waals surface area contributed by atoms with E-state index in [9.17, 15) is 23.2 Å². The topological polar surface area (TPSA) is 135 Å². The zero-order valence-corrected chi connectivity index (χ0v) is 19.0. The van der Waals surface area contributed by atoms with Crippen LogP contribution in [0.2, 0.25) is 0 Å². The van der Waals surface area contributed by atoms with Gasteiger partial charge in [-0.15, -0.1) is 5.10 Å². The Morgan fingerprint density at radius 2 is 1.95 bits per heavy atom. The third kappa shape index (κ3) is 4.85. The third-order valence-electron chi connectivity index (χ3n) is 6.25. The fraction of sp³-hybridized carbons (Fsp3) is 0.500. The molecule has 2 atom stereocenters. The minimum atomic E-state index is -3.22. The van der Waals surface area contributed by atoms with Gasteiger partial charge in [-0.05, 0) is 10.4 Å². The van der Waals surface area contributed by atoms with Crippen molar-refractivity contribution in [1.29, 1.82) is 0 Å². The Kier molecular flexibility index (Phi) is 6.30. The standard InChI is InChI=1S/C20H20F4N8O5/c21-12-5-11(31-9-20(37-19(31)35)7-14(20)26-18(34)17(23)24)6-13(22)16(12)29-1-2-32(36-4-3-29)15(33)8-30-10-25-27-28-30/h5-6,10,14,17H,1-4,7-9H2,(H,26,34)/t14-,20?/m0/s1. The summed E-state index contributed by atoms with van der Waals surface area (Å²) in [6, 6.07) is 1.10. The largest absolute Gasteiger partial charge is 0.438 e. The van der Waals surface area contributed by atoms with Crippen LogP contribution < -0.4 is 15.1 Å². The smallest absolute Gasteiger partial charge is 0.415 e. The van der Waals surface area contributed by atoms with E-state index in [2.05, 4.69) is 20.8 Å². The van der Waals surface area contributed by atoms with Gasteiger partial charge in [-0.1, -0.05) is 0 Å². The Balaban J connectivity index is 1.25. The first-order valence-corrected chi connectivity index (χ1v) is 11.1. The maximum atomic E-state index is 15.1. The number of hydroxylamine groups is 2. The lowest BCUT2D eigenvalue weighted by molar-refractivity contribution is -0.182. The zero-order valence-electron chi connectivity index (χ0n) is 19.0. The predicted molar refractivity (Wildman–Crippen MR) is 113 cm³/mol. The average Bonchev–Trinajstić information content (AvgIpc) is 3.12. The molecule has 1 aromatic heterocycles. The number of carbonyl (C=O) groups excluding carboxylic acids is 3. The van der Waals surface area contributed by atoms with E-state index < -0.39 is 47.6 Å². The van der Waals surface area contributed by atoms with Crippen LogP contribution in [0.3, 0.4) is 0 Å².